The van der Waals surface area contributed by atoms with Crippen LogP contribution in [0.15, 0.2) is 9.98 Å². The van der Waals surface area contributed by atoms with Crippen LogP contribution in [0.25, 0.3) is 0 Å². The van der Waals surface area contributed by atoms with E-state index in [2.05, 4.69) is 15.3 Å². The number of hydrogen-bond donors (Lipinski definition) is 1. The average molecular weight is 299 g/mol. The van der Waals surface area contributed by atoms with Gasteiger partial charge in [0.1, 0.15) is 6.04 Å². The van der Waals surface area contributed by atoms with Crippen molar-refractivity contribution in [2.45, 2.75) is 18.9 Å². The van der Waals surface area contributed by atoms with Gasteiger partial charge in [0.05, 0.1) is 19.8 Å². The van der Waals surface area contributed by atoms with Gasteiger partial charge in [0.25, 0.3) is 0 Å². The van der Waals surface area contributed by atoms with E-state index in [1.807, 2.05) is 14.1 Å². The van der Waals surface area contributed by atoms with Gasteiger partial charge in [-0.05, 0) is 12.8 Å². The average Bonchev–Trinajstić information content (AvgIpc) is 2.43. The summed E-state index contributed by atoms with van der Waals surface area (Å²) in [4.78, 5) is 34.1. The molecule has 1 unspecified atom stereocenters. The first-order valence-corrected chi connectivity index (χ1v) is 6.62. The number of urea groups is 1. The monoisotopic (exact) mass is 299 g/mol. The Kier molecular flexibility index (Phi) is 9.57. The van der Waals surface area contributed by atoms with Gasteiger partial charge in [0, 0.05) is 34.7 Å². The molecule has 0 aliphatic heterocycles. The van der Waals surface area contributed by atoms with Crippen LogP contribution in [0.2, 0.25) is 0 Å². The maximum atomic E-state index is 11.6. The summed E-state index contributed by atoms with van der Waals surface area (Å²) >= 11 is 0. The molecular formula is C13H25N5O3. The van der Waals surface area contributed by atoms with Crippen molar-refractivity contribution in [3.63, 3.8) is 0 Å². The summed E-state index contributed by atoms with van der Waals surface area (Å²) in [7, 11) is 8.53. The molecule has 0 saturated carbocycles. The fourth-order valence-corrected chi connectivity index (χ4v) is 1.31. The Balaban J connectivity index is 4.14. The summed E-state index contributed by atoms with van der Waals surface area (Å²) in [5, 5.41) is 2.64. The van der Waals surface area contributed by atoms with E-state index >= 15 is 0 Å². The quantitative estimate of drug-likeness (QED) is 0.299. The number of carbonyl (C=O) groups excluding carboxylic acids is 2. The van der Waals surface area contributed by atoms with Crippen LogP contribution in [-0.2, 0) is 9.53 Å². The molecule has 8 heteroatoms. The van der Waals surface area contributed by atoms with Crippen molar-refractivity contribution < 1.29 is 14.3 Å². The fraction of sp³-hybridized carbons (Fsp3) is 0.692. The fourth-order valence-electron chi connectivity index (χ4n) is 1.31. The van der Waals surface area contributed by atoms with Gasteiger partial charge in [-0.1, -0.05) is 0 Å². The van der Waals surface area contributed by atoms with Gasteiger partial charge in [-0.25, -0.2) is 9.59 Å². The van der Waals surface area contributed by atoms with E-state index in [0.717, 1.165) is 0 Å². The largest absolute Gasteiger partial charge is 0.467 e. The Morgan fingerprint density at radius 2 is 1.81 bits per heavy atom. The normalized spacial score (nSPS) is 12.4. The molecule has 0 bridgehead atoms. The van der Waals surface area contributed by atoms with Crippen LogP contribution in [0.4, 0.5) is 4.79 Å². The van der Waals surface area contributed by atoms with Gasteiger partial charge >= 0.3 is 12.0 Å². The van der Waals surface area contributed by atoms with Crippen LogP contribution in [0, 0.1) is 0 Å². The molecule has 0 aromatic rings. The molecule has 1 N–H and O–H groups in total. The molecule has 1 atom stereocenters. The minimum atomic E-state index is -0.556. The van der Waals surface area contributed by atoms with Crippen LogP contribution < -0.4 is 5.32 Å². The second kappa shape index (κ2) is 10.6. The molecular weight excluding hydrogens is 274 g/mol. The standard InChI is InChI=1S/C13H25N5O3/c1-17(2)9-15-11(12(19)21-5)7-6-8-14-13(20)16-10-18(3)4/h9-11H,6-8H2,1-5H3,(H,14,20)/b15-9?,16-10+. The van der Waals surface area contributed by atoms with Crippen molar-refractivity contribution in [3.05, 3.63) is 0 Å². The van der Waals surface area contributed by atoms with Crippen LogP contribution in [-0.4, -0.2) is 82.4 Å². The van der Waals surface area contributed by atoms with Crippen LogP contribution in [0.5, 0.6) is 0 Å². The Bertz CT molecular complexity index is 380. The zero-order chi connectivity index (χ0) is 16.3. The van der Waals surface area contributed by atoms with Gasteiger partial charge in [-0.2, -0.15) is 4.99 Å². The predicted molar refractivity (Wildman–Crippen MR) is 82.8 cm³/mol. The van der Waals surface area contributed by atoms with Crippen molar-refractivity contribution in [2.75, 3.05) is 41.8 Å². The summed E-state index contributed by atoms with van der Waals surface area (Å²) in [5.74, 6) is -0.384. The highest BCUT2D eigenvalue weighted by Crippen LogP contribution is 2.03. The molecule has 120 valence electrons. The number of amides is 2. The van der Waals surface area contributed by atoms with E-state index in [0.29, 0.717) is 19.4 Å². The van der Waals surface area contributed by atoms with Gasteiger partial charge in [0.2, 0.25) is 0 Å². The molecule has 0 aromatic carbocycles. The van der Waals surface area contributed by atoms with Crippen LogP contribution >= 0.6 is 0 Å². The van der Waals surface area contributed by atoms with Crippen molar-refractivity contribution in [1.82, 2.24) is 15.1 Å². The number of nitrogens with zero attached hydrogens (tertiary/aromatic N) is 4. The van der Waals surface area contributed by atoms with E-state index in [4.69, 9.17) is 4.74 Å². The smallest absolute Gasteiger partial charge is 0.342 e. The second-order valence-electron chi connectivity index (χ2n) is 4.85. The lowest BCUT2D eigenvalue weighted by Crippen LogP contribution is -2.26. The van der Waals surface area contributed by atoms with E-state index in [9.17, 15) is 9.59 Å². The molecule has 8 nitrogen and oxygen atoms in total. The van der Waals surface area contributed by atoms with Gasteiger partial charge in [0.15, 0.2) is 0 Å². The molecule has 0 aliphatic carbocycles. The summed E-state index contributed by atoms with van der Waals surface area (Å²) in [6.45, 7) is 0.425. The predicted octanol–water partition coefficient (Wildman–Crippen LogP) is 0.198. The second-order valence-corrected chi connectivity index (χ2v) is 4.85. The highest BCUT2D eigenvalue weighted by molar-refractivity contribution is 5.82. The van der Waals surface area contributed by atoms with Crippen molar-refractivity contribution in [2.24, 2.45) is 9.98 Å². The Hall–Kier alpha value is -2.12. The molecule has 2 amide bonds. The first kappa shape index (κ1) is 18.9. The number of hydrogen-bond acceptors (Lipinski definition) is 4. The Morgan fingerprint density at radius 3 is 2.33 bits per heavy atom. The van der Waals surface area contributed by atoms with Crippen LogP contribution in [0.1, 0.15) is 12.8 Å². The number of nitrogens with one attached hydrogen (secondary N) is 1. The van der Waals surface area contributed by atoms with Crippen molar-refractivity contribution in [3.8, 4) is 0 Å². The third-order valence-electron chi connectivity index (χ3n) is 2.29. The van der Waals surface area contributed by atoms with Gasteiger partial charge < -0.3 is 19.9 Å². The third-order valence-corrected chi connectivity index (χ3v) is 2.29. The zero-order valence-electron chi connectivity index (χ0n) is 13.4. The molecule has 0 radical (unpaired) electrons. The zero-order valence-corrected chi connectivity index (χ0v) is 13.4. The number of aliphatic imine (C=N–C) groups is 2. The van der Waals surface area contributed by atoms with E-state index in [1.165, 1.54) is 13.4 Å². The molecule has 0 saturated heterocycles. The number of carbonyl (C=O) groups is 2. The number of ether oxygens (including phenoxy) is 1. The molecule has 0 heterocycles. The highest BCUT2D eigenvalue weighted by atomic mass is 16.5. The topological polar surface area (TPSA) is 86.6 Å². The molecule has 0 aromatic heterocycles. The Labute approximate surface area is 125 Å². The minimum absolute atomic E-state index is 0.384. The molecule has 0 spiro atoms. The van der Waals surface area contributed by atoms with Crippen molar-refractivity contribution >= 4 is 24.7 Å². The maximum Gasteiger partial charge on any atom is 0.342 e. The van der Waals surface area contributed by atoms with E-state index in [1.54, 1.807) is 30.2 Å². The first-order chi connectivity index (χ1) is 9.86. The molecule has 0 fully saturated rings. The lowest BCUT2D eigenvalue weighted by atomic mass is 10.1. The lowest BCUT2D eigenvalue weighted by Gasteiger charge is -2.11. The Morgan fingerprint density at radius 1 is 1.19 bits per heavy atom. The van der Waals surface area contributed by atoms with Gasteiger partial charge in [-0.3, -0.25) is 4.99 Å². The van der Waals surface area contributed by atoms with Crippen LogP contribution in [0.3, 0.4) is 0 Å². The van der Waals surface area contributed by atoms with Gasteiger partial charge in [-0.15, -0.1) is 0 Å². The number of esters is 1. The summed E-state index contributed by atoms with van der Waals surface area (Å²) < 4.78 is 4.70. The summed E-state index contributed by atoms with van der Waals surface area (Å²) in [6, 6.07) is -0.963. The molecule has 0 rings (SSSR count). The third kappa shape index (κ3) is 10.3. The summed E-state index contributed by atoms with van der Waals surface area (Å²) in [5.41, 5.74) is 0. The summed E-state index contributed by atoms with van der Waals surface area (Å²) in [6.07, 6.45) is 4.10. The lowest BCUT2D eigenvalue weighted by molar-refractivity contribution is -0.142. The SMILES string of the molecule is COC(=O)C(CCCNC(=O)/N=C/N(C)C)N=CN(C)C. The molecule has 21 heavy (non-hydrogen) atoms. The van der Waals surface area contributed by atoms with E-state index < -0.39 is 12.1 Å². The minimum Gasteiger partial charge on any atom is -0.467 e. The highest BCUT2D eigenvalue weighted by Gasteiger charge is 2.16. The number of methoxy groups -OCH3 is 1. The number of rotatable bonds is 8. The van der Waals surface area contributed by atoms with E-state index in [-0.39, 0.29) is 5.97 Å². The first-order valence-electron chi connectivity index (χ1n) is 6.62. The maximum absolute atomic E-state index is 11.6. The van der Waals surface area contributed by atoms with Crippen molar-refractivity contribution in [1.29, 1.82) is 0 Å². The molecule has 0 aliphatic rings.